The smallest absolute Gasteiger partial charge is 0.231 e. The van der Waals surface area contributed by atoms with Gasteiger partial charge in [0.25, 0.3) is 0 Å². The summed E-state index contributed by atoms with van der Waals surface area (Å²) in [6.45, 7) is 3.22. The lowest BCUT2D eigenvalue weighted by atomic mass is 10.1. The highest BCUT2D eigenvalue weighted by Crippen LogP contribution is 2.32. The monoisotopic (exact) mass is 420 g/mol. The van der Waals surface area contributed by atoms with Crippen molar-refractivity contribution in [3.05, 3.63) is 83.3 Å². The quantitative estimate of drug-likeness (QED) is 0.429. The third-order valence-electron chi connectivity index (χ3n) is 5.13. The predicted molar refractivity (Wildman–Crippen MR) is 120 cm³/mol. The second kappa shape index (κ2) is 10.0. The Morgan fingerprint density at radius 3 is 2.55 bits per heavy atom. The predicted octanol–water partition coefficient (Wildman–Crippen LogP) is 3.51. The summed E-state index contributed by atoms with van der Waals surface area (Å²) in [4.78, 5) is 6.59. The standard InChI is InChI=1S/C24H28N4O3/c1-25-24(26-13-18-9-10-22-23(12-18)31-17-30-22)27-14-19-6-3-4-7-20(19)15-28(2)16-21-8-5-11-29-21/h3-12H,13-17H2,1-2H3,(H2,25,26,27). The molecule has 2 aromatic carbocycles. The molecule has 0 unspecified atom stereocenters. The van der Waals surface area contributed by atoms with Gasteiger partial charge in [-0.05, 0) is 48.0 Å². The molecule has 0 bridgehead atoms. The summed E-state index contributed by atoms with van der Waals surface area (Å²) in [7, 11) is 3.87. The van der Waals surface area contributed by atoms with Gasteiger partial charge in [-0.25, -0.2) is 0 Å². The first kappa shape index (κ1) is 20.8. The van der Waals surface area contributed by atoms with Crippen LogP contribution in [0.2, 0.25) is 0 Å². The zero-order valence-electron chi connectivity index (χ0n) is 17.9. The molecule has 0 amide bonds. The maximum absolute atomic E-state index is 5.46. The van der Waals surface area contributed by atoms with Crippen LogP contribution in [-0.2, 0) is 26.2 Å². The zero-order chi connectivity index (χ0) is 21.5. The molecule has 0 aliphatic carbocycles. The van der Waals surface area contributed by atoms with E-state index >= 15 is 0 Å². The van der Waals surface area contributed by atoms with Crippen molar-refractivity contribution < 1.29 is 13.9 Å². The molecule has 2 N–H and O–H groups in total. The van der Waals surface area contributed by atoms with Gasteiger partial charge in [-0.3, -0.25) is 9.89 Å². The van der Waals surface area contributed by atoms with E-state index in [-0.39, 0.29) is 6.79 Å². The van der Waals surface area contributed by atoms with Crippen molar-refractivity contribution >= 4 is 5.96 Å². The zero-order valence-corrected chi connectivity index (χ0v) is 17.9. The summed E-state index contributed by atoms with van der Waals surface area (Å²) in [5.74, 6) is 3.29. The lowest BCUT2D eigenvalue weighted by Gasteiger charge is -2.19. The second-order valence-corrected chi connectivity index (χ2v) is 7.49. The molecule has 162 valence electrons. The first-order valence-electron chi connectivity index (χ1n) is 10.3. The van der Waals surface area contributed by atoms with E-state index in [1.807, 2.05) is 30.3 Å². The van der Waals surface area contributed by atoms with Gasteiger partial charge in [0.1, 0.15) is 5.76 Å². The minimum Gasteiger partial charge on any atom is -0.468 e. The molecule has 0 fully saturated rings. The highest BCUT2D eigenvalue weighted by atomic mass is 16.7. The fourth-order valence-corrected chi connectivity index (χ4v) is 3.54. The van der Waals surface area contributed by atoms with Crippen LogP contribution in [0, 0.1) is 0 Å². The van der Waals surface area contributed by atoms with Crippen LogP contribution in [0.1, 0.15) is 22.5 Å². The van der Waals surface area contributed by atoms with E-state index in [1.165, 1.54) is 11.1 Å². The van der Waals surface area contributed by atoms with E-state index < -0.39 is 0 Å². The highest BCUT2D eigenvalue weighted by Gasteiger charge is 2.13. The summed E-state index contributed by atoms with van der Waals surface area (Å²) in [5.41, 5.74) is 3.61. The number of hydrogen-bond acceptors (Lipinski definition) is 5. The summed E-state index contributed by atoms with van der Waals surface area (Å²) < 4.78 is 16.3. The molecule has 2 heterocycles. The first-order chi connectivity index (χ1) is 15.2. The number of guanidine groups is 1. The van der Waals surface area contributed by atoms with E-state index in [1.54, 1.807) is 13.3 Å². The van der Waals surface area contributed by atoms with Gasteiger partial charge in [-0.2, -0.15) is 0 Å². The Hall–Kier alpha value is -3.45. The number of ether oxygens (including phenoxy) is 2. The number of aliphatic imine (C=N–C) groups is 1. The third kappa shape index (κ3) is 5.58. The van der Waals surface area contributed by atoms with Crippen LogP contribution in [0.15, 0.2) is 70.3 Å². The normalized spacial score (nSPS) is 12.9. The average molecular weight is 421 g/mol. The molecule has 1 aliphatic heterocycles. The fraction of sp³-hybridized carbons (Fsp3) is 0.292. The Balaban J connectivity index is 1.31. The van der Waals surface area contributed by atoms with E-state index in [2.05, 4.69) is 51.8 Å². The highest BCUT2D eigenvalue weighted by molar-refractivity contribution is 5.79. The molecule has 1 aliphatic rings. The van der Waals surface area contributed by atoms with Crippen molar-refractivity contribution in [2.24, 2.45) is 4.99 Å². The largest absolute Gasteiger partial charge is 0.468 e. The number of nitrogens with zero attached hydrogens (tertiary/aromatic N) is 2. The van der Waals surface area contributed by atoms with Gasteiger partial charge in [-0.1, -0.05) is 30.3 Å². The number of rotatable bonds is 8. The van der Waals surface area contributed by atoms with E-state index in [4.69, 9.17) is 13.9 Å². The molecule has 0 saturated carbocycles. The maximum Gasteiger partial charge on any atom is 0.231 e. The lowest BCUT2D eigenvalue weighted by molar-refractivity contribution is 0.174. The van der Waals surface area contributed by atoms with Crippen LogP contribution in [0.25, 0.3) is 0 Å². The molecule has 0 spiro atoms. The molecule has 7 heteroatoms. The van der Waals surface area contributed by atoms with Gasteiger partial charge in [0, 0.05) is 26.7 Å². The van der Waals surface area contributed by atoms with Crippen molar-refractivity contribution in [1.82, 2.24) is 15.5 Å². The van der Waals surface area contributed by atoms with E-state index in [0.717, 1.165) is 41.9 Å². The second-order valence-electron chi connectivity index (χ2n) is 7.49. The maximum atomic E-state index is 5.46. The average Bonchev–Trinajstić information content (AvgIpc) is 3.46. The van der Waals surface area contributed by atoms with Gasteiger partial charge < -0.3 is 24.5 Å². The van der Waals surface area contributed by atoms with Gasteiger partial charge in [0.2, 0.25) is 6.79 Å². The van der Waals surface area contributed by atoms with Gasteiger partial charge in [0.15, 0.2) is 17.5 Å². The molecule has 1 aromatic heterocycles. The topological polar surface area (TPSA) is 71.3 Å². The van der Waals surface area contributed by atoms with Crippen LogP contribution in [0.3, 0.4) is 0 Å². The lowest BCUT2D eigenvalue weighted by Crippen LogP contribution is -2.36. The summed E-state index contributed by atoms with van der Waals surface area (Å²) in [5, 5.41) is 6.77. The van der Waals surface area contributed by atoms with E-state index in [9.17, 15) is 0 Å². The summed E-state index contributed by atoms with van der Waals surface area (Å²) in [6.07, 6.45) is 1.71. The Morgan fingerprint density at radius 2 is 1.74 bits per heavy atom. The van der Waals surface area contributed by atoms with Crippen LogP contribution >= 0.6 is 0 Å². The van der Waals surface area contributed by atoms with Crippen LogP contribution < -0.4 is 20.1 Å². The number of fused-ring (bicyclic) bond motifs is 1. The molecule has 7 nitrogen and oxygen atoms in total. The number of nitrogens with one attached hydrogen (secondary N) is 2. The fourth-order valence-electron chi connectivity index (χ4n) is 3.54. The third-order valence-corrected chi connectivity index (χ3v) is 5.13. The van der Waals surface area contributed by atoms with E-state index in [0.29, 0.717) is 13.1 Å². The molecular formula is C24H28N4O3. The van der Waals surface area contributed by atoms with Crippen molar-refractivity contribution in [3.63, 3.8) is 0 Å². The van der Waals surface area contributed by atoms with Gasteiger partial charge in [-0.15, -0.1) is 0 Å². The van der Waals surface area contributed by atoms with Crippen molar-refractivity contribution in [1.29, 1.82) is 0 Å². The van der Waals surface area contributed by atoms with Crippen LogP contribution in [0.5, 0.6) is 11.5 Å². The van der Waals surface area contributed by atoms with Crippen molar-refractivity contribution in [3.8, 4) is 11.5 Å². The first-order valence-corrected chi connectivity index (χ1v) is 10.3. The molecule has 3 aromatic rings. The number of benzene rings is 2. The molecule has 0 atom stereocenters. The number of furan rings is 1. The minimum absolute atomic E-state index is 0.283. The number of hydrogen-bond donors (Lipinski definition) is 2. The molecule has 0 radical (unpaired) electrons. The van der Waals surface area contributed by atoms with Gasteiger partial charge >= 0.3 is 0 Å². The Kier molecular flexibility index (Phi) is 6.74. The molecule has 31 heavy (non-hydrogen) atoms. The Labute approximate surface area is 182 Å². The molecule has 0 saturated heterocycles. The van der Waals surface area contributed by atoms with Crippen molar-refractivity contribution in [2.45, 2.75) is 26.2 Å². The van der Waals surface area contributed by atoms with Crippen LogP contribution in [-0.4, -0.2) is 31.7 Å². The SMILES string of the molecule is CN=C(NCc1ccc2c(c1)OCO2)NCc1ccccc1CN(C)Cc1ccco1. The Bertz CT molecular complexity index is 1020. The molecular weight excluding hydrogens is 392 g/mol. The van der Waals surface area contributed by atoms with Crippen molar-refractivity contribution in [2.75, 3.05) is 20.9 Å². The molecule has 4 rings (SSSR count). The summed E-state index contributed by atoms with van der Waals surface area (Å²) >= 11 is 0. The van der Waals surface area contributed by atoms with Gasteiger partial charge in [0.05, 0.1) is 12.8 Å². The van der Waals surface area contributed by atoms with Crippen LogP contribution in [0.4, 0.5) is 0 Å². The summed E-state index contributed by atoms with van der Waals surface area (Å²) in [6, 6.07) is 18.3. The Morgan fingerprint density at radius 1 is 0.935 bits per heavy atom. The minimum atomic E-state index is 0.283.